The summed E-state index contributed by atoms with van der Waals surface area (Å²) in [6.07, 6.45) is 20.8. The Bertz CT molecular complexity index is 346. The van der Waals surface area contributed by atoms with Crippen LogP contribution in [-0.2, 0) is 9.53 Å². The van der Waals surface area contributed by atoms with Crippen LogP contribution in [0, 0.1) is 5.41 Å². The van der Waals surface area contributed by atoms with E-state index in [1.54, 1.807) is 0 Å². The van der Waals surface area contributed by atoms with Gasteiger partial charge in [0.2, 0.25) is 0 Å². The fourth-order valence-electron chi connectivity index (χ4n) is 3.44. The average Bonchev–Trinajstić information content (AvgIpc) is 2.51. The normalized spacial score (nSPS) is 12.4. The number of carbonyl (C=O) groups excluding carboxylic acids is 1. The first kappa shape index (κ1) is 26.5. The van der Waals surface area contributed by atoms with Crippen molar-refractivity contribution in [2.75, 3.05) is 0 Å². The monoisotopic (exact) mass is 382 g/mol. The molecule has 0 fully saturated rings. The zero-order valence-electron chi connectivity index (χ0n) is 19.6. The highest BCUT2D eigenvalue weighted by molar-refractivity contribution is 5.69. The Labute approximate surface area is 171 Å². The van der Waals surface area contributed by atoms with Gasteiger partial charge in [-0.05, 0) is 39.0 Å². The van der Waals surface area contributed by atoms with Crippen LogP contribution in [0.25, 0.3) is 0 Å². The minimum Gasteiger partial charge on any atom is -0.460 e. The molecule has 0 aromatic carbocycles. The molecule has 0 atom stereocenters. The number of unbranched alkanes of at least 4 members (excludes halogenated alkanes) is 13. The fourth-order valence-corrected chi connectivity index (χ4v) is 3.44. The van der Waals surface area contributed by atoms with Crippen molar-refractivity contribution in [1.29, 1.82) is 0 Å². The minimum atomic E-state index is -0.344. The van der Waals surface area contributed by atoms with Crippen LogP contribution >= 0.6 is 0 Å². The van der Waals surface area contributed by atoms with Gasteiger partial charge in [-0.3, -0.25) is 4.79 Å². The number of esters is 1. The third kappa shape index (κ3) is 23.4. The van der Waals surface area contributed by atoms with Gasteiger partial charge in [-0.15, -0.1) is 0 Å². The fraction of sp³-hybridized carbons (Fsp3) is 0.960. The first-order valence-electron chi connectivity index (χ1n) is 11.8. The Morgan fingerprint density at radius 2 is 0.889 bits per heavy atom. The summed E-state index contributed by atoms with van der Waals surface area (Å²) in [5, 5.41) is 0. The van der Waals surface area contributed by atoms with E-state index >= 15 is 0 Å². The van der Waals surface area contributed by atoms with Crippen molar-refractivity contribution in [2.45, 2.75) is 150 Å². The highest BCUT2D eigenvalue weighted by Crippen LogP contribution is 2.22. The molecule has 0 unspecified atom stereocenters. The number of ether oxygens (including phenoxy) is 1. The van der Waals surface area contributed by atoms with Crippen LogP contribution in [0.4, 0.5) is 0 Å². The van der Waals surface area contributed by atoms with E-state index in [0.29, 0.717) is 11.8 Å². The second kappa shape index (κ2) is 15.4. The number of hydrogen-bond donors (Lipinski definition) is 0. The average molecular weight is 383 g/mol. The van der Waals surface area contributed by atoms with Gasteiger partial charge < -0.3 is 4.74 Å². The van der Waals surface area contributed by atoms with Crippen LogP contribution in [0.1, 0.15) is 144 Å². The maximum Gasteiger partial charge on any atom is 0.306 e. The van der Waals surface area contributed by atoms with Crippen molar-refractivity contribution in [3.05, 3.63) is 0 Å². The lowest BCUT2D eigenvalue weighted by atomic mass is 9.89. The maximum absolute atomic E-state index is 11.6. The molecule has 162 valence electrons. The minimum absolute atomic E-state index is 0.0447. The van der Waals surface area contributed by atoms with E-state index in [1.807, 2.05) is 20.8 Å². The third-order valence-corrected chi connectivity index (χ3v) is 4.98. The van der Waals surface area contributed by atoms with Crippen molar-refractivity contribution < 1.29 is 9.53 Å². The highest BCUT2D eigenvalue weighted by Gasteiger charge is 2.15. The summed E-state index contributed by atoms with van der Waals surface area (Å²) in [6, 6.07) is 0. The molecule has 2 heteroatoms. The molecule has 0 amide bonds. The van der Waals surface area contributed by atoms with Gasteiger partial charge >= 0.3 is 5.97 Å². The van der Waals surface area contributed by atoms with Gasteiger partial charge in [0.25, 0.3) is 0 Å². The van der Waals surface area contributed by atoms with E-state index in [1.165, 1.54) is 83.5 Å². The van der Waals surface area contributed by atoms with Crippen LogP contribution in [0.3, 0.4) is 0 Å². The molecule has 0 bridgehead atoms. The van der Waals surface area contributed by atoms with Crippen molar-refractivity contribution >= 4 is 5.97 Å². The SMILES string of the molecule is CC(C)(C)CCCCCCCCCCCCCCCCC(=O)OC(C)(C)C. The molecule has 0 aliphatic carbocycles. The maximum atomic E-state index is 11.6. The smallest absolute Gasteiger partial charge is 0.306 e. The molecule has 0 saturated carbocycles. The van der Waals surface area contributed by atoms with E-state index in [4.69, 9.17) is 4.74 Å². The quantitative estimate of drug-likeness (QED) is 0.197. The van der Waals surface area contributed by atoms with Gasteiger partial charge in [-0.1, -0.05) is 104 Å². The Hall–Kier alpha value is -0.530. The van der Waals surface area contributed by atoms with Gasteiger partial charge in [0.15, 0.2) is 0 Å². The molecule has 0 spiro atoms. The predicted octanol–water partition coefficient (Wildman–Crippen LogP) is 8.62. The molecular formula is C25H50O2. The van der Waals surface area contributed by atoms with Crippen LogP contribution in [0.5, 0.6) is 0 Å². The summed E-state index contributed by atoms with van der Waals surface area (Å²) in [5.74, 6) is -0.0447. The lowest BCUT2D eigenvalue weighted by Crippen LogP contribution is -2.23. The number of carbonyl (C=O) groups is 1. The summed E-state index contributed by atoms with van der Waals surface area (Å²) < 4.78 is 5.33. The number of rotatable bonds is 16. The van der Waals surface area contributed by atoms with Crippen LogP contribution < -0.4 is 0 Å². The molecule has 0 aromatic heterocycles. The first-order chi connectivity index (χ1) is 12.6. The molecule has 0 aliphatic heterocycles. The molecule has 0 heterocycles. The van der Waals surface area contributed by atoms with Crippen LogP contribution in [0.2, 0.25) is 0 Å². The van der Waals surface area contributed by atoms with E-state index in [0.717, 1.165) is 12.8 Å². The largest absolute Gasteiger partial charge is 0.460 e. The molecule has 0 rings (SSSR count). The summed E-state index contributed by atoms with van der Waals surface area (Å²) in [7, 11) is 0. The van der Waals surface area contributed by atoms with Crippen LogP contribution in [-0.4, -0.2) is 11.6 Å². The standard InChI is InChI=1S/C25H50O2/c1-24(2,3)22-20-18-16-14-12-10-8-7-9-11-13-15-17-19-21-23(26)27-25(4,5)6/h7-22H2,1-6H3. The number of hydrogen-bond acceptors (Lipinski definition) is 2. The molecule has 0 N–H and O–H groups in total. The van der Waals surface area contributed by atoms with Crippen molar-refractivity contribution in [3.8, 4) is 0 Å². The molecule has 27 heavy (non-hydrogen) atoms. The summed E-state index contributed by atoms with van der Waals surface area (Å²) in [5.41, 5.74) is 0.168. The zero-order chi connectivity index (χ0) is 20.6. The Morgan fingerprint density at radius 3 is 1.22 bits per heavy atom. The Balaban J connectivity index is 3.18. The summed E-state index contributed by atoms with van der Waals surface area (Å²) in [4.78, 5) is 11.6. The molecule has 0 saturated heterocycles. The second-order valence-electron chi connectivity index (χ2n) is 10.6. The second-order valence-corrected chi connectivity index (χ2v) is 10.6. The van der Waals surface area contributed by atoms with E-state index in [2.05, 4.69) is 20.8 Å². The van der Waals surface area contributed by atoms with E-state index in [-0.39, 0.29) is 11.6 Å². The summed E-state index contributed by atoms with van der Waals surface area (Å²) >= 11 is 0. The Morgan fingerprint density at radius 1 is 0.556 bits per heavy atom. The predicted molar refractivity (Wildman–Crippen MR) is 119 cm³/mol. The third-order valence-electron chi connectivity index (χ3n) is 4.98. The lowest BCUT2D eigenvalue weighted by Gasteiger charge is -2.19. The Kier molecular flexibility index (Phi) is 15.1. The van der Waals surface area contributed by atoms with Gasteiger partial charge in [-0.25, -0.2) is 0 Å². The van der Waals surface area contributed by atoms with Gasteiger partial charge in [0.05, 0.1) is 0 Å². The van der Waals surface area contributed by atoms with Gasteiger partial charge in [0, 0.05) is 6.42 Å². The van der Waals surface area contributed by atoms with Crippen molar-refractivity contribution in [3.63, 3.8) is 0 Å². The molecule has 0 aromatic rings. The molecule has 2 nitrogen and oxygen atoms in total. The van der Waals surface area contributed by atoms with E-state index in [9.17, 15) is 4.79 Å². The lowest BCUT2D eigenvalue weighted by molar-refractivity contribution is -0.154. The highest BCUT2D eigenvalue weighted by atomic mass is 16.6. The van der Waals surface area contributed by atoms with Crippen molar-refractivity contribution in [1.82, 2.24) is 0 Å². The van der Waals surface area contributed by atoms with E-state index < -0.39 is 0 Å². The molecule has 0 radical (unpaired) electrons. The van der Waals surface area contributed by atoms with Crippen molar-refractivity contribution in [2.24, 2.45) is 5.41 Å². The summed E-state index contributed by atoms with van der Waals surface area (Å²) in [6.45, 7) is 12.8. The topological polar surface area (TPSA) is 26.3 Å². The van der Waals surface area contributed by atoms with Gasteiger partial charge in [-0.2, -0.15) is 0 Å². The van der Waals surface area contributed by atoms with Gasteiger partial charge in [0.1, 0.15) is 5.60 Å². The van der Waals surface area contributed by atoms with Crippen LogP contribution in [0.15, 0.2) is 0 Å². The zero-order valence-corrected chi connectivity index (χ0v) is 19.6. The molecular weight excluding hydrogens is 332 g/mol. The molecule has 0 aliphatic rings. The first-order valence-corrected chi connectivity index (χ1v) is 11.8.